The summed E-state index contributed by atoms with van der Waals surface area (Å²) in [4.78, 5) is 0. The summed E-state index contributed by atoms with van der Waals surface area (Å²) in [5.74, 6) is 1.07. The fourth-order valence-corrected chi connectivity index (χ4v) is 4.68. The van der Waals surface area contributed by atoms with Crippen LogP contribution in [-0.4, -0.2) is 5.75 Å². The topological polar surface area (TPSA) is 0 Å². The van der Waals surface area contributed by atoms with E-state index in [0.29, 0.717) is 0 Å². The lowest BCUT2D eigenvalue weighted by molar-refractivity contribution is 0.892. The van der Waals surface area contributed by atoms with E-state index >= 15 is 0 Å². The molecule has 0 aromatic heterocycles. The summed E-state index contributed by atoms with van der Waals surface area (Å²) < 4.78 is -0.189. The van der Waals surface area contributed by atoms with Gasteiger partial charge in [-0.25, -0.2) is 0 Å². The highest BCUT2D eigenvalue weighted by molar-refractivity contribution is 8.00. The summed E-state index contributed by atoms with van der Waals surface area (Å²) >= 11 is 2.02. The molecule has 0 heterocycles. The number of thioether (sulfide) groups is 1. The molecule has 0 bridgehead atoms. The van der Waals surface area contributed by atoms with Crippen LogP contribution in [0.25, 0.3) is 0 Å². The molecule has 0 aliphatic heterocycles. The number of hydrogen-bond donors (Lipinski definition) is 0. The molecule has 0 aliphatic rings. The van der Waals surface area contributed by atoms with Crippen LogP contribution in [0.5, 0.6) is 0 Å². The molecule has 3 rings (SSSR count). The van der Waals surface area contributed by atoms with Crippen molar-refractivity contribution in [1.82, 2.24) is 0 Å². The second-order valence-electron chi connectivity index (χ2n) is 5.99. The maximum absolute atomic E-state index is 2.25. The molecule has 0 amide bonds. The Morgan fingerprint density at radius 2 is 1.08 bits per heavy atom. The third-order valence-corrected chi connectivity index (χ3v) is 5.96. The first-order chi connectivity index (χ1) is 12.4. The van der Waals surface area contributed by atoms with Crippen molar-refractivity contribution >= 4 is 11.8 Å². The highest BCUT2D eigenvalue weighted by Crippen LogP contribution is 2.48. The van der Waals surface area contributed by atoms with Gasteiger partial charge in [-0.1, -0.05) is 103 Å². The molecule has 0 atom stereocenters. The first-order valence-electron chi connectivity index (χ1n) is 8.79. The van der Waals surface area contributed by atoms with Gasteiger partial charge in [0.15, 0.2) is 0 Å². The Morgan fingerprint density at radius 1 is 0.680 bits per heavy atom. The van der Waals surface area contributed by atoms with Crippen molar-refractivity contribution in [2.45, 2.75) is 18.1 Å². The number of hydrogen-bond acceptors (Lipinski definition) is 1. The highest BCUT2D eigenvalue weighted by atomic mass is 32.2. The van der Waals surface area contributed by atoms with E-state index in [1.807, 2.05) is 11.8 Å². The van der Waals surface area contributed by atoms with Crippen molar-refractivity contribution in [3.05, 3.63) is 120 Å². The Balaban J connectivity index is 2.16. The van der Waals surface area contributed by atoms with Gasteiger partial charge in [-0.15, -0.1) is 11.8 Å². The van der Waals surface area contributed by atoms with E-state index in [0.717, 1.165) is 12.2 Å². The van der Waals surface area contributed by atoms with Crippen molar-refractivity contribution in [3.63, 3.8) is 0 Å². The van der Waals surface area contributed by atoms with E-state index in [2.05, 4.69) is 110 Å². The summed E-state index contributed by atoms with van der Waals surface area (Å²) in [6.07, 6.45) is 5.46. The molecular weight excluding hydrogens is 320 g/mol. The Hall–Kier alpha value is -2.25. The lowest BCUT2D eigenvalue weighted by Gasteiger charge is -2.35. The summed E-state index contributed by atoms with van der Waals surface area (Å²) in [6, 6.07) is 32.6. The van der Waals surface area contributed by atoms with Gasteiger partial charge in [-0.2, -0.15) is 0 Å². The number of rotatable bonds is 7. The molecule has 0 N–H and O–H groups in total. The Morgan fingerprint density at radius 3 is 1.44 bits per heavy atom. The standard InChI is InChI=1S/C24H24S/c1-2-3-13-20-25-24(21-14-7-4-8-15-21,22-16-9-5-10-17-22)23-18-11-6-12-19-23/h2-12,14-19H,13,20H2,1H3/b3-2+. The molecule has 1 heteroatoms. The second-order valence-corrected chi connectivity index (χ2v) is 7.29. The monoisotopic (exact) mass is 344 g/mol. The number of benzene rings is 3. The van der Waals surface area contributed by atoms with E-state index in [4.69, 9.17) is 0 Å². The zero-order chi connectivity index (χ0) is 17.4. The van der Waals surface area contributed by atoms with Crippen LogP contribution in [0.1, 0.15) is 30.0 Å². The van der Waals surface area contributed by atoms with Crippen LogP contribution < -0.4 is 0 Å². The van der Waals surface area contributed by atoms with Gasteiger partial charge in [0.1, 0.15) is 0 Å². The lowest BCUT2D eigenvalue weighted by atomic mass is 9.84. The van der Waals surface area contributed by atoms with Gasteiger partial charge in [0.05, 0.1) is 4.75 Å². The average molecular weight is 345 g/mol. The van der Waals surface area contributed by atoms with Crippen LogP contribution in [0.3, 0.4) is 0 Å². The van der Waals surface area contributed by atoms with Crippen molar-refractivity contribution in [1.29, 1.82) is 0 Å². The fourth-order valence-electron chi connectivity index (χ4n) is 3.22. The van der Waals surface area contributed by atoms with Gasteiger partial charge in [0, 0.05) is 0 Å². The van der Waals surface area contributed by atoms with Gasteiger partial charge in [0.25, 0.3) is 0 Å². The normalized spacial score (nSPS) is 11.7. The quantitative estimate of drug-likeness (QED) is 0.262. The molecule has 0 unspecified atom stereocenters. The zero-order valence-electron chi connectivity index (χ0n) is 14.6. The second kappa shape index (κ2) is 8.73. The lowest BCUT2D eigenvalue weighted by Crippen LogP contribution is -2.26. The third-order valence-electron chi connectivity index (χ3n) is 4.38. The molecule has 126 valence electrons. The Kier molecular flexibility index (Phi) is 6.14. The van der Waals surface area contributed by atoms with Gasteiger partial charge in [0.2, 0.25) is 0 Å². The summed E-state index contributed by atoms with van der Waals surface area (Å²) in [7, 11) is 0. The molecule has 3 aromatic carbocycles. The van der Waals surface area contributed by atoms with Crippen LogP contribution >= 0.6 is 11.8 Å². The minimum absolute atomic E-state index is 0.189. The van der Waals surface area contributed by atoms with Gasteiger partial charge in [-0.05, 0) is 35.8 Å². The fraction of sp³-hybridized carbons (Fsp3) is 0.167. The first-order valence-corrected chi connectivity index (χ1v) is 9.78. The van der Waals surface area contributed by atoms with E-state index < -0.39 is 0 Å². The summed E-state index contributed by atoms with van der Waals surface area (Å²) in [6.45, 7) is 2.09. The minimum Gasteiger partial charge on any atom is -0.140 e. The van der Waals surface area contributed by atoms with Crippen LogP contribution in [0.4, 0.5) is 0 Å². The maximum atomic E-state index is 2.25. The molecule has 0 saturated carbocycles. The predicted molar refractivity (Wildman–Crippen MR) is 111 cm³/mol. The van der Waals surface area contributed by atoms with E-state index in [1.165, 1.54) is 16.7 Å². The van der Waals surface area contributed by atoms with Crippen LogP contribution in [0.2, 0.25) is 0 Å². The predicted octanol–water partition coefficient (Wildman–Crippen LogP) is 6.68. The number of allylic oxidation sites excluding steroid dienone is 2. The molecular formula is C24H24S. The molecule has 0 aliphatic carbocycles. The molecule has 25 heavy (non-hydrogen) atoms. The van der Waals surface area contributed by atoms with Crippen molar-refractivity contribution < 1.29 is 0 Å². The summed E-state index contributed by atoms with van der Waals surface area (Å²) in [5.41, 5.74) is 3.99. The minimum atomic E-state index is -0.189. The molecule has 0 spiro atoms. The largest absolute Gasteiger partial charge is 0.140 e. The SMILES string of the molecule is C/C=C/CCSC(c1ccccc1)(c1ccccc1)c1ccccc1. The molecule has 0 saturated heterocycles. The molecule has 3 aromatic rings. The van der Waals surface area contributed by atoms with Crippen molar-refractivity contribution in [3.8, 4) is 0 Å². The third kappa shape index (κ3) is 3.88. The van der Waals surface area contributed by atoms with Crippen LogP contribution in [-0.2, 0) is 4.75 Å². The van der Waals surface area contributed by atoms with Crippen LogP contribution in [0.15, 0.2) is 103 Å². The molecule has 0 nitrogen and oxygen atoms in total. The summed E-state index contributed by atoms with van der Waals surface area (Å²) in [5, 5.41) is 0. The van der Waals surface area contributed by atoms with E-state index in [-0.39, 0.29) is 4.75 Å². The van der Waals surface area contributed by atoms with Gasteiger partial charge in [-0.3, -0.25) is 0 Å². The Bertz CT molecular complexity index is 679. The van der Waals surface area contributed by atoms with E-state index in [9.17, 15) is 0 Å². The van der Waals surface area contributed by atoms with Gasteiger partial charge >= 0.3 is 0 Å². The maximum Gasteiger partial charge on any atom is 0.0907 e. The average Bonchev–Trinajstić information content (AvgIpc) is 2.70. The smallest absolute Gasteiger partial charge is 0.0907 e. The van der Waals surface area contributed by atoms with Crippen molar-refractivity contribution in [2.75, 3.05) is 5.75 Å². The molecule has 0 fully saturated rings. The Labute approximate surface area is 155 Å². The first kappa shape index (κ1) is 17.6. The van der Waals surface area contributed by atoms with Crippen molar-refractivity contribution in [2.24, 2.45) is 0 Å². The zero-order valence-corrected chi connectivity index (χ0v) is 15.5. The van der Waals surface area contributed by atoms with E-state index in [1.54, 1.807) is 0 Å². The van der Waals surface area contributed by atoms with Gasteiger partial charge < -0.3 is 0 Å². The van der Waals surface area contributed by atoms with Crippen LogP contribution in [0, 0.1) is 0 Å². The molecule has 0 radical (unpaired) electrons. The highest BCUT2D eigenvalue weighted by Gasteiger charge is 2.36.